The lowest BCUT2D eigenvalue weighted by Crippen LogP contribution is -2.14. The minimum Gasteiger partial charge on any atom is -0.462 e. The number of rotatable bonds is 3. The lowest BCUT2D eigenvalue weighted by atomic mass is 9.89. The molecule has 2 aromatic carbocycles. The molecule has 0 aromatic heterocycles. The van der Waals surface area contributed by atoms with Crippen LogP contribution in [0.4, 0.5) is 0 Å². The van der Waals surface area contributed by atoms with E-state index in [1.807, 2.05) is 12.1 Å². The van der Waals surface area contributed by atoms with Crippen LogP contribution in [0.3, 0.4) is 0 Å². The van der Waals surface area contributed by atoms with Gasteiger partial charge in [-0.25, -0.2) is 0 Å². The first kappa shape index (κ1) is 12.2. The molecule has 1 heterocycles. The number of cyclic esters (lactones) is 1. The van der Waals surface area contributed by atoms with E-state index in [0.717, 1.165) is 12.8 Å². The van der Waals surface area contributed by atoms with Gasteiger partial charge < -0.3 is 4.74 Å². The maximum Gasteiger partial charge on any atom is 0.306 e. The monoisotopic (exact) mass is 254 g/mol. The molecule has 19 heavy (non-hydrogen) atoms. The van der Waals surface area contributed by atoms with E-state index in [1.54, 1.807) is 0 Å². The first-order chi connectivity index (χ1) is 9.28. The zero-order valence-electron chi connectivity index (χ0n) is 11.1. The SMILES string of the molecule is CCC[C@H]1OC(=O)C[C@@H]1c1ccc2ccccc2c1. The minimum absolute atomic E-state index is 0.0543. The molecule has 0 spiro atoms. The summed E-state index contributed by atoms with van der Waals surface area (Å²) < 4.78 is 5.44. The van der Waals surface area contributed by atoms with Gasteiger partial charge in [0.15, 0.2) is 0 Å². The Labute approximate surface area is 113 Å². The van der Waals surface area contributed by atoms with Gasteiger partial charge in [0.2, 0.25) is 0 Å². The number of ether oxygens (including phenoxy) is 1. The molecule has 1 aliphatic rings. The van der Waals surface area contributed by atoms with Crippen LogP contribution in [-0.2, 0) is 9.53 Å². The van der Waals surface area contributed by atoms with Crippen molar-refractivity contribution in [3.8, 4) is 0 Å². The van der Waals surface area contributed by atoms with Gasteiger partial charge in [-0.05, 0) is 22.8 Å². The maximum absolute atomic E-state index is 11.6. The lowest BCUT2D eigenvalue weighted by Gasteiger charge is -2.17. The van der Waals surface area contributed by atoms with Crippen molar-refractivity contribution in [3.05, 3.63) is 48.0 Å². The normalized spacial score (nSPS) is 22.7. The van der Waals surface area contributed by atoms with E-state index in [2.05, 4.69) is 37.3 Å². The molecule has 2 aromatic rings. The van der Waals surface area contributed by atoms with E-state index in [0.29, 0.717) is 6.42 Å². The Morgan fingerprint density at radius 1 is 1.16 bits per heavy atom. The summed E-state index contributed by atoms with van der Waals surface area (Å²) in [6, 6.07) is 14.8. The summed E-state index contributed by atoms with van der Waals surface area (Å²) >= 11 is 0. The van der Waals surface area contributed by atoms with E-state index < -0.39 is 0 Å². The summed E-state index contributed by atoms with van der Waals surface area (Å²) in [6.07, 6.45) is 2.56. The third-order valence-corrected chi connectivity index (χ3v) is 3.89. The first-order valence-electron chi connectivity index (χ1n) is 6.96. The van der Waals surface area contributed by atoms with Crippen molar-refractivity contribution in [1.29, 1.82) is 0 Å². The van der Waals surface area contributed by atoms with Crippen LogP contribution >= 0.6 is 0 Å². The Hall–Kier alpha value is -1.83. The van der Waals surface area contributed by atoms with Crippen molar-refractivity contribution < 1.29 is 9.53 Å². The molecular weight excluding hydrogens is 236 g/mol. The predicted molar refractivity (Wildman–Crippen MR) is 76.1 cm³/mol. The molecule has 0 radical (unpaired) electrons. The van der Waals surface area contributed by atoms with Gasteiger partial charge >= 0.3 is 5.97 Å². The van der Waals surface area contributed by atoms with Crippen LogP contribution in [0.5, 0.6) is 0 Å². The van der Waals surface area contributed by atoms with Crippen LogP contribution in [0.25, 0.3) is 10.8 Å². The number of carbonyl (C=O) groups excluding carboxylic acids is 1. The standard InChI is InChI=1S/C17H18O2/c1-2-5-16-15(11-17(18)19-16)14-9-8-12-6-3-4-7-13(12)10-14/h3-4,6-10,15-16H,2,5,11H2,1H3/t15-,16-/m1/s1. The van der Waals surface area contributed by atoms with Gasteiger partial charge in [0.05, 0.1) is 6.42 Å². The van der Waals surface area contributed by atoms with E-state index >= 15 is 0 Å². The van der Waals surface area contributed by atoms with Gasteiger partial charge in [-0.2, -0.15) is 0 Å². The Bertz CT molecular complexity index is 603. The fourth-order valence-corrected chi connectivity index (χ4v) is 2.93. The van der Waals surface area contributed by atoms with Crippen LogP contribution in [-0.4, -0.2) is 12.1 Å². The number of fused-ring (bicyclic) bond motifs is 1. The van der Waals surface area contributed by atoms with Crippen LogP contribution < -0.4 is 0 Å². The molecule has 0 N–H and O–H groups in total. The second-order valence-corrected chi connectivity index (χ2v) is 5.23. The zero-order valence-corrected chi connectivity index (χ0v) is 11.1. The van der Waals surface area contributed by atoms with E-state index in [1.165, 1.54) is 16.3 Å². The van der Waals surface area contributed by atoms with Gasteiger partial charge in [-0.3, -0.25) is 4.79 Å². The summed E-state index contributed by atoms with van der Waals surface area (Å²) in [5.41, 5.74) is 1.23. The smallest absolute Gasteiger partial charge is 0.306 e. The Morgan fingerprint density at radius 3 is 2.74 bits per heavy atom. The van der Waals surface area contributed by atoms with Gasteiger partial charge in [-0.1, -0.05) is 55.8 Å². The molecule has 0 unspecified atom stereocenters. The number of carbonyl (C=O) groups is 1. The fraction of sp³-hybridized carbons (Fsp3) is 0.353. The summed E-state index contributed by atoms with van der Waals surface area (Å²) in [4.78, 5) is 11.6. The highest BCUT2D eigenvalue weighted by Gasteiger charge is 2.35. The quantitative estimate of drug-likeness (QED) is 0.773. The highest BCUT2D eigenvalue weighted by atomic mass is 16.5. The highest BCUT2D eigenvalue weighted by Crippen LogP contribution is 2.35. The summed E-state index contributed by atoms with van der Waals surface area (Å²) in [6.45, 7) is 2.13. The number of hydrogen-bond acceptors (Lipinski definition) is 2. The second-order valence-electron chi connectivity index (χ2n) is 5.23. The molecule has 0 saturated carbocycles. The lowest BCUT2D eigenvalue weighted by molar-refractivity contribution is -0.141. The zero-order chi connectivity index (χ0) is 13.2. The van der Waals surface area contributed by atoms with Gasteiger partial charge in [0.1, 0.15) is 6.10 Å². The summed E-state index contributed by atoms with van der Waals surface area (Å²) in [5, 5.41) is 2.47. The topological polar surface area (TPSA) is 26.3 Å². The van der Waals surface area contributed by atoms with Crippen molar-refractivity contribution in [2.24, 2.45) is 0 Å². The van der Waals surface area contributed by atoms with Gasteiger partial charge in [0.25, 0.3) is 0 Å². The molecule has 2 heteroatoms. The van der Waals surface area contributed by atoms with Crippen LogP contribution in [0.2, 0.25) is 0 Å². The minimum atomic E-state index is -0.0587. The molecule has 1 fully saturated rings. The van der Waals surface area contributed by atoms with Crippen molar-refractivity contribution >= 4 is 16.7 Å². The molecule has 2 nitrogen and oxygen atoms in total. The average molecular weight is 254 g/mol. The van der Waals surface area contributed by atoms with Crippen LogP contribution in [0.1, 0.15) is 37.7 Å². The fourth-order valence-electron chi connectivity index (χ4n) is 2.93. The number of esters is 1. The Morgan fingerprint density at radius 2 is 1.95 bits per heavy atom. The predicted octanol–water partition coefficient (Wildman–Crippen LogP) is 4.04. The maximum atomic E-state index is 11.6. The van der Waals surface area contributed by atoms with E-state index in [4.69, 9.17) is 4.74 Å². The number of hydrogen-bond donors (Lipinski definition) is 0. The molecule has 0 amide bonds. The largest absolute Gasteiger partial charge is 0.462 e. The molecular formula is C17H18O2. The Kier molecular flexibility index (Phi) is 3.24. The van der Waals surface area contributed by atoms with Crippen molar-refractivity contribution in [1.82, 2.24) is 0 Å². The highest BCUT2D eigenvalue weighted by molar-refractivity contribution is 5.83. The molecule has 0 bridgehead atoms. The Balaban J connectivity index is 1.96. The van der Waals surface area contributed by atoms with E-state index in [9.17, 15) is 4.79 Å². The van der Waals surface area contributed by atoms with E-state index in [-0.39, 0.29) is 18.0 Å². The molecule has 98 valence electrons. The van der Waals surface area contributed by atoms with Gasteiger partial charge in [0, 0.05) is 5.92 Å². The third-order valence-electron chi connectivity index (χ3n) is 3.89. The van der Waals surface area contributed by atoms with Crippen LogP contribution in [0, 0.1) is 0 Å². The van der Waals surface area contributed by atoms with Crippen molar-refractivity contribution in [2.75, 3.05) is 0 Å². The molecule has 1 aliphatic heterocycles. The average Bonchev–Trinajstić information content (AvgIpc) is 2.80. The molecule has 1 saturated heterocycles. The summed E-state index contributed by atoms with van der Waals surface area (Å²) in [7, 11) is 0. The van der Waals surface area contributed by atoms with Crippen molar-refractivity contribution in [2.45, 2.75) is 38.2 Å². The molecule has 0 aliphatic carbocycles. The first-order valence-corrected chi connectivity index (χ1v) is 6.96. The number of benzene rings is 2. The molecule has 2 atom stereocenters. The molecule has 3 rings (SSSR count). The van der Waals surface area contributed by atoms with Crippen molar-refractivity contribution in [3.63, 3.8) is 0 Å². The van der Waals surface area contributed by atoms with Crippen LogP contribution in [0.15, 0.2) is 42.5 Å². The third kappa shape index (κ3) is 2.35. The van der Waals surface area contributed by atoms with Gasteiger partial charge in [-0.15, -0.1) is 0 Å². The summed E-state index contributed by atoms with van der Waals surface area (Å²) in [5.74, 6) is 0.161. The second kappa shape index (κ2) is 5.04.